The summed E-state index contributed by atoms with van der Waals surface area (Å²) in [6.07, 6.45) is 2.54. The Kier molecular flexibility index (Phi) is 6.73. The zero-order chi connectivity index (χ0) is 19.2. The Labute approximate surface area is 160 Å². The molecule has 0 aliphatic carbocycles. The average Bonchev–Trinajstić information content (AvgIpc) is 3.12. The van der Waals surface area contributed by atoms with Crippen LogP contribution < -0.4 is 5.32 Å². The summed E-state index contributed by atoms with van der Waals surface area (Å²) in [5.41, 5.74) is 1.76. The summed E-state index contributed by atoms with van der Waals surface area (Å²) >= 11 is 0. The van der Waals surface area contributed by atoms with E-state index in [1.807, 2.05) is 24.8 Å². The van der Waals surface area contributed by atoms with Gasteiger partial charge < -0.3 is 15.0 Å². The van der Waals surface area contributed by atoms with Crippen molar-refractivity contribution in [2.75, 3.05) is 39.4 Å². The van der Waals surface area contributed by atoms with Crippen molar-refractivity contribution in [2.24, 2.45) is 0 Å². The van der Waals surface area contributed by atoms with Crippen LogP contribution in [-0.2, 0) is 20.9 Å². The van der Waals surface area contributed by atoms with Gasteiger partial charge in [0.15, 0.2) is 0 Å². The van der Waals surface area contributed by atoms with E-state index in [2.05, 4.69) is 20.2 Å². The zero-order valence-corrected chi connectivity index (χ0v) is 16.2. The van der Waals surface area contributed by atoms with Crippen LogP contribution in [-0.4, -0.2) is 77.0 Å². The van der Waals surface area contributed by atoms with Crippen molar-refractivity contribution in [3.8, 4) is 0 Å². The number of carbonyl (C=O) groups excluding carboxylic acids is 2. The van der Waals surface area contributed by atoms with Gasteiger partial charge in [-0.05, 0) is 45.8 Å². The van der Waals surface area contributed by atoms with Gasteiger partial charge in [-0.3, -0.25) is 14.5 Å². The van der Waals surface area contributed by atoms with Crippen molar-refractivity contribution in [3.63, 3.8) is 0 Å². The molecule has 0 aromatic carbocycles. The molecule has 0 unspecified atom stereocenters. The first kappa shape index (κ1) is 19.7. The van der Waals surface area contributed by atoms with Crippen LogP contribution in [0.15, 0.2) is 6.07 Å². The molecular formula is C19H29N5O3. The number of nitrogens with zero attached hydrogens (tertiary/aromatic N) is 4. The number of carbonyl (C=O) groups is 2. The summed E-state index contributed by atoms with van der Waals surface area (Å²) in [6.45, 7) is 7.98. The second-order valence-corrected chi connectivity index (χ2v) is 7.35. The van der Waals surface area contributed by atoms with E-state index in [1.54, 1.807) is 0 Å². The van der Waals surface area contributed by atoms with Crippen LogP contribution in [0, 0.1) is 13.8 Å². The molecule has 2 aliphatic heterocycles. The lowest BCUT2D eigenvalue weighted by molar-refractivity contribution is -0.142. The second-order valence-electron chi connectivity index (χ2n) is 7.35. The summed E-state index contributed by atoms with van der Waals surface area (Å²) in [7, 11) is 0. The first-order valence-electron chi connectivity index (χ1n) is 9.68. The molecule has 2 saturated heterocycles. The third-order valence-corrected chi connectivity index (χ3v) is 5.00. The van der Waals surface area contributed by atoms with Gasteiger partial charge in [0.25, 0.3) is 0 Å². The fourth-order valence-electron chi connectivity index (χ4n) is 3.72. The van der Waals surface area contributed by atoms with E-state index in [1.165, 1.54) is 0 Å². The maximum atomic E-state index is 12.7. The lowest BCUT2D eigenvalue weighted by Gasteiger charge is -2.36. The monoisotopic (exact) mass is 375 g/mol. The highest BCUT2D eigenvalue weighted by atomic mass is 16.5. The fraction of sp³-hybridized carbons (Fsp3) is 0.684. The predicted molar refractivity (Wildman–Crippen MR) is 100.0 cm³/mol. The summed E-state index contributed by atoms with van der Waals surface area (Å²) in [6, 6.07) is 1.68. The minimum Gasteiger partial charge on any atom is -0.377 e. The molecule has 8 heteroatoms. The molecule has 0 saturated carbocycles. The Morgan fingerprint density at radius 3 is 2.59 bits per heavy atom. The number of nitrogens with one attached hydrogen (secondary N) is 1. The highest BCUT2D eigenvalue weighted by Gasteiger charge is 2.30. The normalized spacial score (nSPS) is 20.7. The van der Waals surface area contributed by atoms with E-state index in [4.69, 9.17) is 4.74 Å². The standard InChI is InChI=1S/C19H29N5O3/c1-14-9-15(2)22-17(21-14)11-20-18(25)10-16-13-27-8-7-24(16)19(26)12-23-5-3-4-6-23/h9,16H,3-8,10-13H2,1-2H3,(H,20,25)/t16-/m1/s1. The topological polar surface area (TPSA) is 87.7 Å². The van der Waals surface area contributed by atoms with E-state index in [0.717, 1.165) is 37.3 Å². The Morgan fingerprint density at radius 1 is 1.19 bits per heavy atom. The highest BCUT2D eigenvalue weighted by molar-refractivity contribution is 5.81. The Hall–Kier alpha value is -2.06. The van der Waals surface area contributed by atoms with E-state index in [9.17, 15) is 9.59 Å². The molecule has 0 bridgehead atoms. The summed E-state index contributed by atoms with van der Waals surface area (Å²) < 4.78 is 5.52. The SMILES string of the molecule is Cc1cc(C)nc(CNC(=O)C[C@@H]2COCCN2C(=O)CN2CCCC2)n1. The number of hydrogen-bond donors (Lipinski definition) is 1. The number of aryl methyl sites for hydroxylation is 2. The first-order chi connectivity index (χ1) is 13.0. The van der Waals surface area contributed by atoms with Crippen LogP contribution in [0.4, 0.5) is 0 Å². The number of rotatable bonds is 6. The van der Waals surface area contributed by atoms with Gasteiger partial charge in [0.2, 0.25) is 11.8 Å². The van der Waals surface area contributed by atoms with Crippen molar-refractivity contribution in [1.82, 2.24) is 25.1 Å². The van der Waals surface area contributed by atoms with Gasteiger partial charge in [0.1, 0.15) is 5.82 Å². The van der Waals surface area contributed by atoms with E-state index < -0.39 is 0 Å². The molecule has 148 valence electrons. The van der Waals surface area contributed by atoms with Crippen LogP contribution >= 0.6 is 0 Å². The molecule has 0 radical (unpaired) electrons. The van der Waals surface area contributed by atoms with Crippen LogP contribution in [0.2, 0.25) is 0 Å². The molecule has 8 nitrogen and oxygen atoms in total. The van der Waals surface area contributed by atoms with Gasteiger partial charge >= 0.3 is 0 Å². The molecule has 1 atom stereocenters. The van der Waals surface area contributed by atoms with Gasteiger partial charge in [0, 0.05) is 24.4 Å². The number of aromatic nitrogens is 2. The molecule has 1 aromatic heterocycles. The van der Waals surface area contributed by atoms with Crippen LogP contribution in [0.5, 0.6) is 0 Å². The highest BCUT2D eigenvalue weighted by Crippen LogP contribution is 2.14. The van der Waals surface area contributed by atoms with Crippen molar-refractivity contribution >= 4 is 11.8 Å². The van der Waals surface area contributed by atoms with Crippen LogP contribution in [0.3, 0.4) is 0 Å². The molecule has 3 rings (SSSR count). The fourth-order valence-corrected chi connectivity index (χ4v) is 3.72. The van der Waals surface area contributed by atoms with E-state index in [0.29, 0.717) is 32.1 Å². The molecule has 2 fully saturated rings. The molecule has 3 heterocycles. The molecular weight excluding hydrogens is 346 g/mol. The van der Waals surface area contributed by atoms with Gasteiger partial charge in [-0.2, -0.15) is 0 Å². The average molecular weight is 375 g/mol. The molecule has 0 spiro atoms. The predicted octanol–water partition coefficient (Wildman–Crippen LogP) is 0.423. The molecule has 2 amide bonds. The van der Waals surface area contributed by atoms with Gasteiger partial charge in [-0.15, -0.1) is 0 Å². The second kappa shape index (κ2) is 9.23. The van der Waals surface area contributed by atoms with Crippen LogP contribution in [0.1, 0.15) is 36.5 Å². The van der Waals surface area contributed by atoms with Crippen molar-refractivity contribution in [2.45, 2.75) is 45.7 Å². The number of amides is 2. The van der Waals surface area contributed by atoms with Crippen molar-refractivity contribution in [1.29, 1.82) is 0 Å². The molecule has 2 aliphatic rings. The number of morpholine rings is 1. The Balaban J connectivity index is 1.51. The zero-order valence-electron chi connectivity index (χ0n) is 16.2. The quantitative estimate of drug-likeness (QED) is 0.776. The lowest BCUT2D eigenvalue weighted by Crippen LogP contribution is -2.53. The van der Waals surface area contributed by atoms with Gasteiger partial charge in [0.05, 0.1) is 32.3 Å². The molecule has 1 N–H and O–H groups in total. The Bertz CT molecular complexity index is 655. The van der Waals surface area contributed by atoms with Gasteiger partial charge in [-0.1, -0.05) is 0 Å². The third-order valence-electron chi connectivity index (χ3n) is 5.00. The molecule has 1 aromatic rings. The van der Waals surface area contributed by atoms with Gasteiger partial charge in [-0.25, -0.2) is 9.97 Å². The number of likely N-dealkylation sites (tertiary alicyclic amines) is 1. The summed E-state index contributed by atoms with van der Waals surface area (Å²) in [5, 5.41) is 2.87. The lowest BCUT2D eigenvalue weighted by atomic mass is 10.1. The summed E-state index contributed by atoms with van der Waals surface area (Å²) in [5.74, 6) is 0.575. The van der Waals surface area contributed by atoms with E-state index >= 15 is 0 Å². The van der Waals surface area contributed by atoms with E-state index in [-0.39, 0.29) is 30.8 Å². The Morgan fingerprint density at radius 2 is 1.89 bits per heavy atom. The molecule has 27 heavy (non-hydrogen) atoms. The summed E-state index contributed by atoms with van der Waals surface area (Å²) in [4.78, 5) is 37.7. The number of hydrogen-bond acceptors (Lipinski definition) is 6. The largest absolute Gasteiger partial charge is 0.377 e. The minimum absolute atomic E-state index is 0.0932. The first-order valence-corrected chi connectivity index (χ1v) is 9.68. The smallest absolute Gasteiger partial charge is 0.237 e. The van der Waals surface area contributed by atoms with Crippen molar-refractivity contribution in [3.05, 3.63) is 23.3 Å². The maximum Gasteiger partial charge on any atom is 0.237 e. The van der Waals surface area contributed by atoms with Crippen molar-refractivity contribution < 1.29 is 14.3 Å². The van der Waals surface area contributed by atoms with Crippen LogP contribution in [0.25, 0.3) is 0 Å². The third kappa shape index (κ3) is 5.71. The number of ether oxygens (including phenoxy) is 1. The minimum atomic E-state index is -0.214. The maximum absolute atomic E-state index is 12.7.